The molecule has 23 heavy (non-hydrogen) atoms. The second-order valence-corrected chi connectivity index (χ2v) is 5.94. The van der Waals surface area contributed by atoms with E-state index in [9.17, 15) is 14.7 Å². The first kappa shape index (κ1) is 15.2. The van der Waals surface area contributed by atoms with Gasteiger partial charge in [-0.1, -0.05) is 17.2 Å². The lowest BCUT2D eigenvalue weighted by atomic mass is 10.0. The summed E-state index contributed by atoms with van der Waals surface area (Å²) in [5, 5.41) is 17.5. The average Bonchev–Trinajstić information content (AvgIpc) is 2.85. The number of aromatic nitrogens is 3. The highest BCUT2D eigenvalue weighted by Gasteiger charge is 2.36. The highest BCUT2D eigenvalue weighted by Crippen LogP contribution is 2.21. The Hall–Kier alpha value is -2.70. The molecule has 2 heterocycles. The third-order valence-electron chi connectivity index (χ3n) is 4.07. The van der Waals surface area contributed by atoms with Crippen molar-refractivity contribution in [1.82, 2.24) is 19.7 Å². The Morgan fingerprint density at radius 2 is 1.78 bits per heavy atom. The quantitative estimate of drug-likeness (QED) is 0.903. The van der Waals surface area contributed by atoms with Gasteiger partial charge in [-0.2, -0.15) is 0 Å². The second kappa shape index (κ2) is 5.49. The van der Waals surface area contributed by atoms with E-state index >= 15 is 0 Å². The summed E-state index contributed by atoms with van der Waals surface area (Å²) in [5.74, 6) is -0.0555. The fourth-order valence-electron chi connectivity index (χ4n) is 3.00. The van der Waals surface area contributed by atoms with Crippen molar-refractivity contribution in [3.05, 3.63) is 46.5 Å². The van der Waals surface area contributed by atoms with Crippen LogP contribution in [0, 0.1) is 20.8 Å². The molecule has 0 fully saturated rings. The molecule has 2 aromatic rings. The molecule has 0 saturated heterocycles. The lowest BCUT2D eigenvalue weighted by molar-refractivity contribution is -0.143. The summed E-state index contributed by atoms with van der Waals surface area (Å²) in [4.78, 5) is 25.8. The Morgan fingerprint density at radius 1 is 1.13 bits per heavy atom. The summed E-state index contributed by atoms with van der Waals surface area (Å²) in [6, 6.07) is 4.60. The number of carbonyl (C=O) groups is 2. The maximum Gasteiger partial charge on any atom is 0.328 e. The van der Waals surface area contributed by atoms with Crippen LogP contribution in [0.15, 0.2) is 18.2 Å². The molecule has 1 aromatic carbocycles. The van der Waals surface area contributed by atoms with Crippen molar-refractivity contribution in [2.24, 2.45) is 0 Å². The highest BCUT2D eigenvalue weighted by atomic mass is 16.4. The number of amides is 1. The zero-order chi connectivity index (χ0) is 16.7. The molecule has 1 atom stereocenters. The highest BCUT2D eigenvalue weighted by molar-refractivity contribution is 5.97. The Kier molecular flexibility index (Phi) is 3.63. The van der Waals surface area contributed by atoms with Crippen LogP contribution >= 0.6 is 0 Å². The van der Waals surface area contributed by atoms with E-state index in [0.717, 1.165) is 11.1 Å². The molecule has 0 radical (unpaired) electrons. The van der Waals surface area contributed by atoms with Gasteiger partial charge >= 0.3 is 5.97 Å². The van der Waals surface area contributed by atoms with Gasteiger partial charge < -0.3 is 14.6 Å². The molecule has 1 N–H and O–H groups in total. The fourth-order valence-corrected chi connectivity index (χ4v) is 3.00. The number of aliphatic carboxylic acids is 1. The lowest BCUT2D eigenvalue weighted by Gasteiger charge is -2.33. The SMILES string of the molecule is Cc1cc(C)cc(C(=O)N2Cc3nnc(C)n3CC2C(=O)O)c1. The van der Waals surface area contributed by atoms with Crippen molar-refractivity contribution in [2.45, 2.75) is 39.9 Å². The number of benzene rings is 1. The van der Waals surface area contributed by atoms with E-state index in [0.29, 0.717) is 17.2 Å². The summed E-state index contributed by atoms with van der Waals surface area (Å²) in [5.41, 5.74) is 2.44. The molecule has 1 aliphatic rings. The van der Waals surface area contributed by atoms with Crippen LogP contribution in [0.4, 0.5) is 0 Å². The summed E-state index contributed by atoms with van der Waals surface area (Å²) in [6.07, 6.45) is 0. The van der Waals surface area contributed by atoms with Crippen molar-refractivity contribution in [3.63, 3.8) is 0 Å². The van der Waals surface area contributed by atoms with Crippen LogP contribution in [0.1, 0.15) is 33.1 Å². The van der Waals surface area contributed by atoms with E-state index in [2.05, 4.69) is 10.2 Å². The van der Waals surface area contributed by atoms with Crippen LogP contribution in [0.5, 0.6) is 0 Å². The van der Waals surface area contributed by atoms with Gasteiger partial charge in [0, 0.05) is 5.56 Å². The summed E-state index contributed by atoms with van der Waals surface area (Å²) < 4.78 is 1.75. The smallest absolute Gasteiger partial charge is 0.328 e. The van der Waals surface area contributed by atoms with Crippen molar-refractivity contribution in [3.8, 4) is 0 Å². The van der Waals surface area contributed by atoms with E-state index in [1.165, 1.54) is 4.90 Å². The van der Waals surface area contributed by atoms with Gasteiger partial charge in [0.2, 0.25) is 0 Å². The molecule has 120 valence electrons. The van der Waals surface area contributed by atoms with Gasteiger partial charge in [0.1, 0.15) is 11.9 Å². The number of nitrogens with zero attached hydrogens (tertiary/aromatic N) is 4. The van der Waals surface area contributed by atoms with Crippen molar-refractivity contribution in [1.29, 1.82) is 0 Å². The van der Waals surface area contributed by atoms with Crippen molar-refractivity contribution < 1.29 is 14.7 Å². The molecular formula is C16H18N4O3. The van der Waals surface area contributed by atoms with E-state index in [1.54, 1.807) is 23.6 Å². The Balaban J connectivity index is 1.99. The minimum atomic E-state index is -1.03. The number of carboxylic acid groups (broad SMARTS) is 1. The first-order valence-electron chi connectivity index (χ1n) is 7.37. The fraction of sp³-hybridized carbons (Fsp3) is 0.375. The summed E-state index contributed by atoms with van der Waals surface area (Å²) in [7, 11) is 0. The third-order valence-corrected chi connectivity index (χ3v) is 4.07. The predicted molar refractivity (Wildman–Crippen MR) is 82.0 cm³/mol. The number of hydrogen-bond acceptors (Lipinski definition) is 4. The van der Waals surface area contributed by atoms with Gasteiger partial charge in [-0.05, 0) is 32.9 Å². The Labute approximate surface area is 133 Å². The molecule has 3 rings (SSSR count). The van der Waals surface area contributed by atoms with Crippen LogP contribution in [0.2, 0.25) is 0 Å². The van der Waals surface area contributed by atoms with E-state index in [4.69, 9.17) is 0 Å². The van der Waals surface area contributed by atoms with Gasteiger partial charge in [0.15, 0.2) is 5.82 Å². The van der Waals surface area contributed by atoms with Crippen molar-refractivity contribution in [2.75, 3.05) is 0 Å². The number of carboxylic acids is 1. The topological polar surface area (TPSA) is 88.3 Å². The van der Waals surface area contributed by atoms with Gasteiger partial charge in [0.05, 0.1) is 13.1 Å². The lowest BCUT2D eigenvalue weighted by Crippen LogP contribution is -2.50. The number of carbonyl (C=O) groups excluding carboxylic acids is 1. The van der Waals surface area contributed by atoms with Crippen LogP contribution in [0.25, 0.3) is 0 Å². The van der Waals surface area contributed by atoms with Gasteiger partial charge in [-0.15, -0.1) is 10.2 Å². The molecule has 1 amide bonds. The minimum absolute atomic E-state index is 0.142. The standard InChI is InChI=1S/C16H18N4O3/c1-9-4-10(2)6-12(5-9)15(21)20-8-14-18-17-11(3)19(14)7-13(20)16(22)23/h4-6,13H,7-8H2,1-3H3,(H,22,23). The normalized spacial score (nSPS) is 17.0. The summed E-state index contributed by atoms with van der Waals surface area (Å²) in [6.45, 7) is 5.91. The van der Waals surface area contributed by atoms with Crippen LogP contribution in [0.3, 0.4) is 0 Å². The van der Waals surface area contributed by atoms with Gasteiger partial charge in [-0.3, -0.25) is 4.79 Å². The first-order chi connectivity index (χ1) is 10.9. The molecule has 7 heteroatoms. The molecule has 0 saturated carbocycles. The maximum atomic E-state index is 12.8. The Morgan fingerprint density at radius 3 is 2.39 bits per heavy atom. The number of rotatable bonds is 2. The van der Waals surface area contributed by atoms with E-state index in [-0.39, 0.29) is 19.0 Å². The van der Waals surface area contributed by atoms with Crippen LogP contribution < -0.4 is 0 Å². The molecule has 1 unspecified atom stereocenters. The average molecular weight is 314 g/mol. The molecule has 7 nitrogen and oxygen atoms in total. The molecule has 1 aromatic heterocycles. The Bertz CT molecular complexity index is 776. The third kappa shape index (κ3) is 2.69. The molecule has 1 aliphatic heterocycles. The largest absolute Gasteiger partial charge is 0.480 e. The molecule has 0 bridgehead atoms. The van der Waals surface area contributed by atoms with Gasteiger partial charge in [0.25, 0.3) is 5.91 Å². The van der Waals surface area contributed by atoms with Gasteiger partial charge in [-0.25, -0.2) is 4.79 Å². The maximum absolute atomic E-state index is 12.8. The molecule has 0 aliphatic carbocycles. The van der Waals surface area contributed by atoms with E-state index in [1.807, 2.05) is 19.9 Å². The predicted octanol–water partition coefficient (Wildman–Crippen LogP) is 1.31. The second-order valence-electron chi connectivity index (χ2n) is 5.94. The van der Waals surface area contributed by atoms with E-state index < -0.39 is 12.0 Å². The zero-order valence-electron chi connectivity index (χ0n) is 13.3. The summed E-state index contributed by atoms with van der Waals surface area (Å²) >= 11 is 0. The monoisotopic (exact) mass is 314 g/mol. The van der Waals surface area contributed by atoms with Crippen molar-refractivity contribution >= 4 is 11.9 Å². The first-order valence-corrected chi connectivity index (χ1v) is 7.37. The number of fused-ring (bicyclic) bond motifs is 1. The zero-order valence-corrected chi connectivity index (χ0v) is 13.3. The molecule has 0 spiro atoms. The molecular weight excluding hydrogens is 296 g/mol. The number of aryl methyl sites for hydroxylation is 3. The van der Waals surface area contributed by atoms with Crippen LogP contribution in [-0.2, 0) is 17.9 Å². The van der Waals surface area contributed by atoms with Crippen LogP contribution in [-0.4, -0.2) is 42.7 Å². The number of hydrogen-bond donors (Lipinski definition) is 1. The minimum Gasteiger partial charge on any atom is -0.480 e.